The Kier molecular flexibility index (Phi) is 3.61. The summed E-state index contributed by atoms with van der Waals surface area (Å²) in [4.78, 5) is 12.4. The third-order valence-electron chi connectivity index (χ3n) is 3.96. The van der Waals surface area contributed by atoms with E-state index in [4.69, 9.17) is 5.73 Å². The van der Waals surface area contributed by atoms with Gasteiger partial charge in [-0.25, -0.2) is 0 Å². The first kappa shape index (κ1) is 14.0. The fourth-order valence-electron chi connectivity index (χ4n) is 2.93. The van der Waals surface area contributed by atoms with E-state index < -0.39 is 0 Å². The molecule has 4 nitrogen and oxygen atoms in total. The summed E-state index contributed by atoms with van der Waals surface area (Å²) in [7, 11) is 0. The number of nitrogens with one attached hydrogen (secondary N) is 1. The smallest absolute Gasteiger partial charge is 0.268 e. The number of rotatable bonds is 3. The third-order valence-corrected chi connectivity index (χ3v) is 3.96. The largest absolute Gasteiger partial charge is 0.397 e. The molecule has 106 valence electrons. The molecule has 0 aliphatic heterocycles. The van der Waals surface area contributed by atoms with Crippen molar-refractivity contribution in [3.8, 4) is 0 Å². The lowest BCUT2D eigenvalue weighted by Crippen LogP contribution is -2.34. The van der Waals surface area contributed by atoms with Crippen molar-refractivity contribution < 1.29 is 4.79 Å². The Morgan fingerprint density at radius 3 is 2.74 bits per heavy atom. The van der Waals surface area contributed by atoms with Crippen molar-refractivity contribution in [2.24, 2.45) is 5.41 Å². The second-order valence-electron chi connectivity index (χ2n) is 6.74. The van der Waals surface area contributed by atoms with Gasteiger partial charge in [-0.2, -0.15) is 0 Å². The Labute approximate surface area is 115 Å². The fraction of sp³-hybridized carbons (Fsp3) is 0.667. The van der Waals surface area contributed by atoms with Gasteiger partial charge >= 0.3 is 0 Å². The average molecular weight is 263 g/mol. The van der Waals surface area contributed by atoms with Gasteiger partial charge in [0, 0.05) is 18.3 Å². The number of nitrogen functional groups attached to an aromatic ring is 1. The van der Waals surface area contributed by atoms with E-state index in [1.54, 1.807) is 6.07 Å². The molecule has 0 bridgehead atoms. The number of amides is 1. The van der Waals surface area contributed by atoms with Crippen molar-refractivity contribution in [2.45, 2.75) is 59.0 Å². The van der Waals surface area contributed by atoms with Gasteiger partial charge in [0.1, 0.15) is 5.69 Å². The van der Waals surface area contributed by atoms with Crippen molar-refractivity contribution in [2.75, 3.05) is 5.73 Å². The first-order chi connectivity index (χ1) is 8.78. The Bertz CT molecular complexity index is 474. The monoisotopic (exact) mass is 263 g/mol. The predicted molar refractivity (Wildman–Crippen MR) is 78.1 cm³/mol. The summed E-state index contributed by atoms with van der Waals surface area (Å²) in [5, 5.41) is 3.14. The quantitative estimate of drug-likeness (QED) is 0.880. The molecule has 1 saturated carbocycles. The maximum absolute atomic E-state index is 12.4. The molecule has 19 heavy (non-hydrogen) atoms. The topological polar surface area (TPSA) is 60.0 Å². The van der Waals surface area contributed by atoms with Crippen molar-refractivity contribution >= 4 is 11.6 Å². The van der Waals surface area contributed by atoms with Gasteiger partial charge in [-0.1, -0.05) is 13.8 Å². The lowest BCUT2D eigenvalue weighted by Gasteiger charge is -2.19. The Balaban J connectivity index is 2.08. The maximum atomic E-state index is 12.4. The standard InChI is InChI=1S/C15H25N3O/c1-10(2)18-9-11(16)7-13(18)14(19)17-12-5-6-15(3,4)8-12/h7,9-10,12H,5-6,8,16H2,1-4H3,(H,17,19). The van der Waals surface area contributed by atoms with Crippen molar-refractivity contribution in [1.82, 2.24) is 9.88 Å². The molecule has 3 N–H and O–H groups in total. The molecule has 4 heteroatoms. The van der Waals surface area contributed by atoms with Crippen LogP contribution in [0.5, 0.6) is 0 Å². The molecule has 1 aromatic heterocycles. The van der Waals surface area contributed by atoms with Gasteiger partial charge in [0.2, 0.25) is 0 Å². The maximum Gasteiger partial charge on any atom is 0.268 e. The molecule has 1 heterocycles. The van der Waals surface area contributed by atoms with Gasteiger partial charge in [0.15, 0.2) is 0 Å². The number of nitrogens with two attached hydrogens (primary N) is 1. The Morgan fingerprint density at radius 1 is 1.53 bits per heavy atom. The van der Waals surface area contributed by atoms with E-state index in [-0.39, 0.29) is 11.9 Å². The molecular formula is C15H25N3O. The zero-order valence-corrected chi connectivity index (χ0v) is 12.4. The van der Waals surface area contributed by atoms with Gasteiger partial charge < -0.3 is 15.6 Å². The van der Waals surface area contributed by atoms with Crippen LogP contribution < -0.4 is 11.1 Å². The van der Waals surface area contributed by atoms with Crippen LogP contribution in [0.2, 0.25) is 0 Å². The minimum absolute atomic E-state index is 0.00639. The molecular weight excluding hydrogens is 238 g/mol. The number of hydrogen-bond donors (Lipinski definition) is 2. The van der Waals surface area contributed by atoms with Gasteiger partial charge in [-0.15, -0.1) is 0 Å². The van der Waals surface area contributed by atoms with Crippen LogP contribution in [0, 0.1) is 5.41 Å². The van der Waals surface area contributed by atoms with Crippen molar-refractivity contribution in [3.05, 3.63) is 18.0 Å². The summed E-state index contributed by atoms with van der Waals surface area (Å²) in [6.07, 6.45) is 5.12. The lowest BCUT2D eigenvalue weighted by molar-refractivity contribution is 0.0925. The number of nitrogens with zero attached hydrogens (tertiary/aromatic N) is 1. The van der Waals surface area contributed by atoms with E-state index in [2.05, 4.69) is 33.0 Å². The second-order valence-corrected chi connectivity index (χ2v) is 6.74. The van der Waals surface area contributed by atoms with E-state index in [0.29, 0.717) is 22.8 Å². The molecule has 0 spiro atoms. The van der Waals surface area contributed by atoms with Crippen LogP contribution in [0.1, 0.15) is 63.5 Å². The van der Waals surface area contributed by atoms with Gasteiger partial charge in [-0.3, -0.25) is 4.79 Å². The highest BCUT2D eigenvalue weighted by atomic mass is 16.2. The number of hydrogen-bond acceptors (Lipinski definition) is 2. The highest BCUT2D eigenvalue weighted by molar-refractivity contribution is 5.94. The fourth-order valence-corrected chi connectivity index (χ4v) is 2.93. The van der Waals surface area contributed by atoms with Crippen LogP contribution in [-0.4, -0.2) is 16.5 Å². The average Bonchev–Trinajstić information content (AvgIpc) is 2.82. The van der Waals surface area contributed by atoms with Gasteiger partial charge in [-0.05, 0) is 44.6 Å². The molecule has 1 atom stereocenters. The molecule has 1 aliphatic carbocycles. The number of carbonyl (C=O) groups is 1. The summed E-state index contributed by atoms with van der Waals surface area (Å²) in [6, 6.07) is 2.28. The molecule has 1 fully saturated rings. The molecule has 0 saturated heterocycles. The molecule has 0 aromatic carbocycles. The summed E-state index contributed by atoms with van der Waals surface area (Å²) < 4.78 is 1.94. The highest BCUT2D eigenvalue weighted by Gasteiger charge is 2.32. The number of carbonyl (C=O) groups excluding carboxylic acids is 1. The number of aromatic nitrogens is 1. The third kappa shape index (κ3) is 3.11. The van der Waals surface area contributed by atoms with Crippen LogP contribution in [0.4, 0.5) is 5.69 Å². The summed E-state index contributed by atoms with van der Waals surface area (Å²) in [5.74, 6) is -0.00639. The molecule has 1 aromatic rings. The molecule has 1 aliphatic rings. The van der Waals surface area contributed by atoms with Crippen LogP contribution in [-0.2, 0) is 0 Å². The minimum atomic E-state index is -0.00639. The molecule has 1 amide bonds. The summed E-state index contributed by atoms with van der Waals surface area (Å²) >= 11 is 0. The molecule has 0 radical (unpaired) electrons. The van der Waals surface area contributed by atoms with Gasteiger partial charge in [0.25, 0.3) is 5.91 Å². The minimum Gasteiger partial charge on any atom is -0.397 e. The van der Waals surface area contributed by atoms with E-state index in [1.165, 1.54) is 6.42 Å². The lowest BCUT2D eigenvalue weighted by atomic mass is 9.92. The normalized spacial score (nSPS) is 21.8. The summed E-state index contributed by atoms with van der Waals surface area (Å²) in [6.45, 7) is 8.62. The van der Waals surface area contributed by atoms with Crippen LogP contribution in [0.3, 0.4) is 0 Å². The molecule has 2 rings (SSSR count). The first-order valence-corrected chi connectivity index (χ1v) is 7.07. The van der Waals surface area contributed by atoms with E-state index >= 15 is 0 Å². The molecule has 1 unspecified atom stereocenters. The van der Waals surface area contributed by atoms with Crippen molar-refractivity contribution in [1.29, 1.82) is 0 Å². The van der Waals surface area contributed by atoms with Crippen LogP contribution >= 0.6 is 0 Å². The van der Waals surface area contributed by atoms with Crippen LogP contribution in [0.15, 0.2) is 12.3 Å². The Morgan fingerprint density at radius 2 is 2.21 bits per heavy atom. The Hall–Kier alpha value is -1.45. The van der Waals surface area contributed by atoms with Crippen LogP contribution in [0.25, 0.3) is 0 Å². The first-order valence-electron chi connectivity index (χ1n) is 7.07. The van der Waals surface area contributed by atoms with E-state index in [0.717, 1.165) is 12.8 Å². The highest BCUT2D eigenvalue weighted by Crippen LogP contribution is 2.37. The zero-order chi connectivity index (χ0) is 14.2. The van der Waals surface area contributed by atoms with E-state index in [9.17, 15) is 4.79 Å². The van der Waals surface area contributed by atoms with E-state index in [1.807, 2.05) is 10.8 Å². The SMILES string of the molecule is CC(C)n1cc(N)cc1C(=O)NC1CCC(C)(C)C1. The summed E-state index contributed by atoms with van der Waals surface area (Å²) in [5.41, 5.74) is 7.46. The van der Waals surface area contributed by atoms with Crippen molar-refractivity contribution in [3.63, 3.8) is 0 Å². The van der Waals surface area contributed by atoms with Gasteiger partial charge in [0.05, 0.1) is 5.69 Å². The predicted octanol–water partition coefficient (Wildman–Crippen LogP) is 2.96. The zero-order valence-electron chi connectivity index (χ0n) is 12.4. The number of anilines is 1. The second kappa shape index (κ2) is 4.91.